The molecule has 0 spiro atoms. The van der Waals surface area contributed by atoms with Crippen molar-refractivity contribution in [1.29, 1.82) is 0 Å². The van der Waals surface area contributed by atoms with E-state index >= 15 is 0 Å². The van der Waals surface area contributed by atoms with Crippen LogP contribution in [0.15, 0.2) is 54.6 Å². The minimum absolute atomic E-state index is 0.0830. The quantitative estimate of drug-likeness (QED) is 0.129. The van der Waals surface area contributed by atoms with Gasteiger partial charge < -0.3 is 48.1 Å². The molecular weight excluding hydrogens is 719 g/mol. The Kier molecular flexibility index (Phi) is 12.5. The second kappa shape index (κ2) is 17.3. The minimum Gasteiger partial charge on any atom is -0.493 e. The number of aromatic nitrogens is 2. The standard InChI is InChI=1S/C40H50F3N5O7/c1-50-32-11-10-28(24-33(32)51-2)39(15-19-47(25-39)37(49)27-22-34(52-3)36(54-5)35(23-27)53-4)14-18-46-16-12-29(13-17-46)44-38-45-30-8-6-7-9-31(30)48(38)20-21-55-26-40(41,42)43/h6-11,22-24,29H,12-21,25-26H2,1-5H3,(H,44,45). The Hall–Kier alpha value is -4.89. The maximum Gasteiger partial charge on any atom is 0.411 e. The molecule has 2 aliphatic heterocycles. The highest BCUT2D eigenvalue weighted by atomic mass is 19.4. The van der Waals surface area contributed by atoms with Gasteiger partial charge in [0.15, 0.2) is 23.0 Å². The summed E-state index contributed by atoms with van der Waals surface area (Å²) in [6.07, 6.45) is -1.07. The second-order valence-electron chi connectivity index (χ2n) is 14.0. The number of carbonyl (C=O) groups excluding carboxylic acids is 1. The molecule has 1 aromatic heterocycles. The van der Waals surface area contributed by atoms with Crippen LogP contribution in [0.2, 0.25) is 0 Å². The Morgan fingerprint density at radius 1 is 0.855 bits per heavy atom. The summed E-state index contributed by atoms with van der Waals surface area (Å²) < 4.78 is 72.7. The van der Waals surface area contributed by atoms with Gasteiger partial charge in [0.25, 0.3) is 5.91 Å². The highest BCUT2D eigenvalue weighted by Crippen LogP contribution is 2.43. The molecule has 1 N–H and O–H groups in total. The molecule has 0 bridgehead atoms. The van der Waals surface area contributed by atoms with Crippen LogP contribution in [0.25, 0.3) is 11.0 Å². The van der Waals surface area contributed by atoms with Crippen LogP contribution < -0.4 is 29.0 Å². The predicted molar refractivity (Wildman–Crippen MR) is 202 cm³/mol. The summed E-state index contributed by atoms with van der Waals surface area (Å²) in [5.41, 5.74) is 2.81. The van der Waals surface area contributed by atoms with E-state index in [1.807, 2.05) is 45.9 Å². The largest absolute Gasteiger partial charge is 0.493 e. The number of anilines is 1. The fraction of sp³-hybridized carbons (Fsp3) is 0.500. The number of benzene rings is 3. The molecule has 1 unspecified atom stereocenters. The molecule has 6 rings (SSSR count). The van der Waals surface area contributed by atoms with E-state index in [2.05, 4.69) is 16.3 Å². The van der Waals surface area contributed by atoms with E-state index in [1.54, 1.807) is 26.4 Å². The molecule has 0 saturated carbocycles. The number of methoxy groups -OCH3 is 5. The van der Waals surface area contributed by atoms with Gasteiger partial charge in [-0.3, -0.25) is 4.79 Å². The third-order valence-corrected chi connectivity index (χ3v) is 10.8. The summed E-state index contributed by atoms with van der Waals surface area (Å²) in [4.78, 5) is 23.2. The number of alkyl halides is 3. The Bertz CT molecular complexity index is 1910. The number of ether oxygens (including phenoxy) is 6. The van der Waals surface area contributed by atoms with Gasteiger partial charge in [-0.15, -0.1) is 0 Å². The number of para-hydroxylation sites is 2. The SMILES string of the molecule is COc1ccc(C2(CCN3CCC(Nc4nc5ccccc5n4CCOCC(F)(F)F)CC3)CCN(C(=O)c3cc(OC)c(OC)c(OC)c3)C2)cc1OC. The van der Waals surface area contributed by atoms with E-state index in [-0.39, 0.29) is 30.5 Å². The number of fused-ring (bicyclic) bond motifs is 1. The molecule has 3 aromatic carbocycles. The molecule has 2 saturated heterocycles. The Morgan fingerprint density at radius 3 is 2.20 bits per heavy atom. The highest BCUT2D eigenvalue weighted by molar-refractivity contribution is 5.96. The smallest absolute Gasteiger partial charge is 0.411 e. The highest BCUT2D eigenvalue weighted by Gasteiger charge is 2.42. The van der Waals surface area contributed by atoms with Gasteiger partial charge in [0.05, 0.1) is 53.2 Å². The number of carbonyl (C=O) groups is 1. The first kappa shape index (κ1) is 39.8. The van der Waals surface area contributed by atoms with E-state index in [9.17, 15) is 18.0 Å². The average Bonchev–Trinajstić information content (AvgIpc) is 3.79. The number of nitrogens with one attached hydrogen (secondary N) is 1. The van der Waals surface area contributed by atoms with Gasteiger partial charge in [-0.25, -0.2) is 4.98 Å². The van der Waals surface area contributed by atoms with Gasteiger partial charge in [-0.05, 0) is 74.2 Å². The van der Waals surface area contributed by atoms with Crippen molar-refractivity contribution in [2.45, 2.75) is 49.9 Å². The van der Waals surface area contributed by atoms with Crippen LogP contribution in [0.3, 0.4) is 0 Å². The Labute approximate surface area is 319 Å². The number of rotatable bonds is 16. The van der Waals surface area contributed by atoms with Gasteiger partial charge >= 0.3 is 6.18 Å². The van der Waals surface area contributed by atoms with Crippen LogP contribution in [-0.2, 0) is 16.7 Å². The van der Waals surface area contributed by atoms with Crippen molar-refractivity contribution in [2.24, 2.45) is 0 Å². The fourth-order valence-corrected chi connectivity index (χ4v) is 7.79. The van der Waals surface area contributed by atoms with E-state index in [0.29, 0.717) is 53.3 Å². The third-order valence-electron chi connectivity index (χ3n) is 10.8. The van der Waals surface area contributed by atoms with E-state index in [1.165, 1.54) is 21.3 Å². The molecule has 0 radical (unpaired) electrons. The van der Waals surface area contributed by atoms with Crippen molar-refractivity contribution in [3.8, 4) is 28.7 Å². The van der Waals surface area contributed by atoms with Crippen LogP contribution in [0.5, 0.6) is 28.7 Å². The molecule has 1 amide bonds. The van der Waals surface area contributed by atoms with E-state index in [4.69, 9.17) is 33.4 Å². The number of likely N-dealkylation sites (tertiary alicyclic amines) is 2. The van der Waals surface area contributed by atoms with E-state index < -0.39 is 12.8 Å². The Balaban J connectivity index is 1.14. The molecule has 12 nitrogen and oxygen atoms in total. The van der Waals surface area contributed by atoms with Crippen LogP contribution in [0.4, 0.5) is 19.1 Å². The summed E-state index contributed by atoms with van der Waals surface area (Å²) >= 11 is 0. The lowest BCUT2D eigenvalue weighted by Gasteiger charge is -2.36. The monoisotopic (exact) mass is 769 g/mol. The van der Waals surface area contributed by atoms with Gasteiger partial charge in [0.2, 0.25) is 11.7 Å². The minimum atomic E-state index is -4.37. The number of imidazole rings is 1. The third kappa shape index (κ3) is 8.99. The summed E-state index contributed by atoms with van der Waals surface area (Å²) in [5, 5.41) is 3.58. The zero-order valence-corrected chi connectivity index (χ0v) is 32.0. The second-order valence-corrected chi connectivity index (χ2v) is 14.0. The predicted octanol–water partition coefficient (Wildman–Crippen LogP) is 6.41. The fourth-order valence-electron chi connectivity index (χ4n) is 7.79. The molecule has 2 fully saturated rings. The van der Waals surface area contributed by atoms with Crippen LogP contribution in [-0.4, -0.2) is 119 Å². The van der Waals surface area contributed by atoms with Crippen molar-refractivity contribution in [3.63, 3.8) is 0 Å². The van der Waals surface area contributed by atoms with Gasteiger partial charge in [0.1, 0.15) is 6.61 Å². The zero-order chi connectivity index (χ0) is 39.2. The first-order chi connectivity index (χ1) is 26.5. The molecule has 298 valence electrons. The number of hydrogen-bond acceptors (Lipinski definition) is 10. The summed E-state index contributed by atoms with van der Waals surface area (Å²) in [6.45, 7) is 2.48. The first-order valence-corrected chi connectivity index (χ1v) is 18.4. The number of piperidine rings is 1. The molecule has 1 atom stereocenters. The van der Waals surface area contributed by atoms with Crippen molar-refractivity contribution in [3.05, 3.63) is 65.7 Å². The van der Waals surface area contributed by atoms with Crippen LogP contribution >= 0.6 is 0 Å². The summed E-state index contributed by atoms with van der Waals surface area (Å²) in [5.74, 6) is 3.05. The lowest BCUT2D eigenvalue weighted by atomic mass is 9.76. The molecule has 15 heteroatoms. The van der Waals surface area contributed by atoms with Crippen molar-refractivity contribution in [2.75, 3.05) is 86.8 Å². The molecule has 4 aromatic rings. The molecule has 2 aliphatic rings. The lowest BCUT2D eigenvalue weighted by molar-refractivity contribution is -0.174. The van der Waals surface area contributed by atoms with Crippen molar-refractivity contribution in [1.82, 2.24) is 19.4 Å². The van der Waals surface area contributed by atoms with Gasteiger partial charge in [-0.2, -0.15) is 13.2 Å². The molecule has 3 heterocycles. The maximum atomic E-state index is 14.1. The molecule has 55 heavy (non-hydrogen) atoms. The summed E-state index contributed by atoms with van der Waals surface area (Å²) in [6, 6.07) is 17.1. The maximum absolute atomic E-state index is 14.1. The number of amides is 1. The normalized spacial score (nSPS) is 18.1. The summed E-state index contributed by atoms with van der Waals surface area (Å²) in [7, 11) is 7.82. The number of halogens is 3. The van der Waals surface area contributed by atoms with Gasteiger partial charge in [-0.1, -0.05) is 18.2 Å². The zero-order valence-electron chi connectivity index (χ0n) is 32.0. The Morgan fingerprint density at radius 2 is 1.55 bits per heavy atom. The molecule has 0 aliphatic carbocycles. The van der Waals surface area contributed by atoms with Gasteiger partial charge in [0, 0.05) is 49.7 Å². The van der Waals surface area contributed by atoms with Crippen molar-refractivity contribution >= 4 is 22.9 Å². The van der Waals surface area contributed by atoms with Crippen LogP contribution in [0.1, 0.15) is 41.6 Å². The van der Waals surface area contributed by atoms with Crippen molar-refractivity contribution < 1.29 is 46.4 Å². The first-order valence-electron chi connectivity index (χ1n) is 18.4. The topological polar surface area (TPSA) is 109 Å². The number of nitrogens with zero attached hydrogens (tertiary/aromatic N) is 4. The number of hydrogen-bond donors (Lipinski definition) is 1. The lowest BCUT2D eigenvalue weighted by Crippen LogP contribution is -2.42. The van der Waals surface area contributed by atoms with Crippen LogP contribution in [0, 0.1) is 0 Å². The van der Waals surface area contributed by atoms with E-state index in [0.717, 1.165) is 61.9 Å². The molecular formula is C40H50F3N5O7. The average molecular weight is 770 g/mol.